The van der Waals surface area contributed by atoms with Crippen molar-refractivity contribution >= 4 is 5.69 Å². The fourth-order valence-corrected chi connectivity index (χ4v) is 1.35. The molecule has 1 heterocycles. The first-order valence-electron chi connectivity index (χ1n) is 4.74. The molecule has 0 aliphatic heterocycles. The third-order valence-electron chi connectivity index (χ3n) is 2.33. The predicted octanol–water partition coefficient (Wildman–Crippen LogP) is 1.38. The van der Waals surface area contributed by atoms with E-state index >= 15 is 0 Å². The maximum Gasteiger partial charge on any atom is 0.0414 e. The summed E-state index contributed by atoms with van der Waals surface area (Å²) in [7, 11) is 1.94. The molecule has 0 radical (unpaired) electrons. The van der Waals surface area contributed by atoms with Crippen LogP contribution < -0.4 is 10.6 Å². The number of hydrogen-bond donors (Lipinski definition) is 2. The lowest BCUT2D eigenvalue weighted by atomic mass is 10.2. The number of nitrogens with zero attached hydrogens (tertiary/aromatic N) is 1. The van der Waals surface area contributed by atoms with Gasteiger partial charge in [0.1, 0.15) is 0 Å². The van der Waals surface area contributed by atoms with Crippen LogP contribution in [0.2, 0.25) is 0 Å². The lowest BCUT2D eigenvalue weighted by Gasteiger charge is -2.08. The summed E-state index contributed by atoms with van der Waals surface area (Å²) in [5.41, 5.74) is 2.42. The van der Waals surface area contributed by atoms with Gasteiger partial charge in [-0.3, -0.25) is 4.98 Å². The Morgan fingerprint density at radius 2 is 2.38 bits per heavy atom. The summed E-state index contributed by atoms with van der Waals surface area (Å²) in [6.07, 6.45) is 6.39. The first-order chi connectivity index (χ1) is 6.40. The van der Waals surface area contributed by atoms with Crippen LogP contribution in [0.25, 0.3) is 0 Å². The Morgan fingerprint density at radius 1 is 1.54 bits per heavy atom. The Bertz CT molecular complexity index is 281. The third-order valence-corrected chi connectivity index (χ3v) is 2.33. The normalized spacial score (nSPS) is 15.8. The van der Waals surface area contributed by atoms with Gasteiger partial charge < -0.3 is 10.6 Å². The minimum atomic E-state index is 0.755. The van der Waals surface area contributed by atoms with Crippen LogP contribution in [0.1, 0.15) is 18.4 Å². The van der Waals surface area contributed by atoms with Gasteiger partial charge in [0.15, 0.2) is 0 Å². The van der Waals surface area contributed by atoms with Gasteiger partial charge in [0.25, 0.3) is 0 Å². The number of aromatic nitrogens is 1. The maximum atomic E-state index is 4.11. The Balaban J connectivity index is 1.99. The topological polar surface area (TPSA) is 37.0 Å². The molecule has 1 fully saturated rings. The molecule has 0 unspecified atom stereocenters. The number of rotatable bonds is 4. The van der Waals surface area contributed by atoms with E-state index < -0.39 is 0 Å². The molecule has 1 saturated carbocycles. The lowest BCUT2D eigenvalue weighted by Crippen LogP contribution is -2.16. The van der Waals surface area contributed by atoms with E-state index in [0.717, 1.165) is 12.6 Å². The monoisotopic (exact) mass is 177 g/mol. The van der Waals surface area contributed by atoms with Crippen LogP contribution in [0, 0.1) is 0 Å². The summed E-state index contributed by atoms with van der Waals surface area (Å²) in [5, 5.41) is 6.63. The average Bonchev–Trinajstić information content (AvgIpc) is 2.99. The molecule has 0 amide bonds. The second-order valence-corrected chi connectivity index (χ2v) is 3.44. The molecule has 2 N–H and O–H groups in total. The number of anilines is 1. The van der Waals surface area contributed by atoms with E-state index in [-0.39, 0.29) is 0 Å². The van der Waals surface area contributed by atoms with Gasteiger partial charge in [-0.25, -0.2) is 0 Å². The molecule has 0 aromatic carbocycles. The van der Waals surface area contributed by atoms with Crippen molar-refractivity contribution in [3.05, 3.63) is 24.0 Å². The minimum absolute atomic E-state index is 0.755. The summed E-state index contributed by atoms with van der Waals surface area (Å²) in [4.78, 5) is 4.11. The fourth-order valence-electron chi connectivity index (χ4n) is 1.35. The number of pyridine rings is 1. The Kier molecular flexibility index (Phi) is 2.45. The minimum Gasteiger partial charge on any atom is -0.388 e. The molecule has 0 atom stereocenters. The van der Waals surface area contributed by atoms with Crippen molar-refractivity contribution in [2.75, 3.05) is 12.4 Å². The van der Waals surface area contributed by atoms with Crippen LogP contribution in [0.4, 0.5) is 5.69 Å². The van der Waals surface area contributed by atoms with E-state index in [9.17, 15) is 0 Å². The molecular weight excluding hydrogens is 162 g/mol. The molecule has 13 heavy (non-hydrogen) atoms. The van der Waals surface area contributed by atoms with Gasteiger partial charge in [-0.2, -0.15) is 0 Å². The zero-order valence-electron chi connectivity index (χ0n) is 7.88. The quantitative estimate of drug-likeness (QED) is 0.729. The Hall–Kier alpha value is -1.09. The van der Waals surface area contributed by atoms with Crippen molar-refractivity contribution in [1.82, 2.24) is 10.3 Å². The summed E-state index contributed by atoms with van der Waals surface area (Å²) in [6.45, 7) is 0.925. The van der Waals surface area contributed by atoms with Gasteiger partial charge in [0, 0.05) is 43.3 Å². The number of hydrogen-bond acceptors (Lipinski definition) is 3. The van der Waals surface area contributed by atoms with Crippen molar-refractivity contribution in [2.24, 2.45) is 0 Å². The molecule has 1 aliphatic rings. The van der Waals surface area contributed by atoms with Gasteiger partial charge in [-0.05, 0) is 18.9 Å². The Morgan fingerprint density at radius 3 is 3.08 bits per heavy atom. The summed E-state index contributed by atoms with van der Waals surface area (Å²) in [5.74, 6) is 0. The van der Waals surface area contributed by atoms with E-state index in [1.54, 1.807) is 0 Å². The Labute approximate surface area is 78.6 Å². The molecule has 70 valence electrons. The van der Waals surface area contributed by atoms with Crippen LogP contribution in [-0.2, 0) is 6.54 Å². The first-order valence-corrected chi connectivity index (χ1v) is 4.74. The van der Waals surface area contributed by atoms with Crippen LogP contribution in [0.5, 0.6) is 0 Å². The molecule has 1 aromatic heterocycles. The van der Waals surface area contributed by atoms with Crippen molar-refractivity contribution in [1.29, 1.82) is 0 Å². The zero-order chi connectivity index (χ0) is 9.10. The van der Waals surface area contributed by atoms with Crippen molar-refractivity contribution in [3.8, 4) is 0 Å². The zero-order valence-corrected chi connectivity index (χ0v) is 7.88. The highest BCUT2D eigenvalue weighted by Gasteiger charge is 2.20. The predicted molar refractivity (Wildman–Crippen MR) is 53.6 cm³/mol. The van der Waals surface area contributed by atoms with Crippen LogP contribution in [0.3, 0.4) is 0 Å². The van der Waals surface area contributed by atoms with Crippen molar-refractivity contribution in [3.63, 3.8) is 0 Å². The molecule has 0 spiro atoms. The molecular formula is C10H15N3. The van der Waals surface area contributed by atoms with Crippen molar-refractivity contribution < 1.29 is 0 Å². The van der Waals surface area contributed by atoms with Crippen LogP contribution >= 0.6 is 0 Å². The average molecular weight is 177 g/mol. The summed E-state index contributed by atoms with van der Waals surface area (Å²) in [6, 6.07) is 2.76. The van der Waals surface area contributed by atoms with Crippen molar-refractivity contribution in [2.45, 2.75) is 25.4 Å². The number of nitrogens with one attached hydrogen (secondary N) is 2. The van der Waals surface area contributed by atoms with E-state index in [1.165, 1.54) is 24.1 Å². The molecule has 1 aromatic rings. The second kappa shape index (κ2) is 3.75. The van der Waals surface area contributed by atoms with Gasteiger partial charge >= 0.3 is 0 Å². The van der Waals surface area contributed by atoms with Gasteiger partial charge in [-0.15, -0.1) is 0 Å². The molecule has 1 aliphatic carbocycles. The SMILES string of the molecule is CNc1ccncc1CNC1CC1. The van der Waals surface area contributed by atoms with E-state index in [1.807, 2.05) is 25.5 Å². The van der Waals surface area contributed by atoms with E-state index in [0.29, 0.717) is 0 Å². The van der Waals surface area contributed by atoms with Crippen LogP contribution in [-0.4, -0.2) is 18.1 Å². The largest absolute Gasteiger partial charge is 0.388 e. The molecule has 0 saturated heterocycles. The third kappa shape index (κ3) is 2.18. The van der Waals surface area contributed by atoms with Gasteiger partial charge in [0.2, 0.25) is 0 Å². The summed E-state index contributed by atoms with van der Waals surface area (Å²) >= 11 is 0. The highest BCUT2D eigenvalue weighted by molar-refractivity contribution is 5.48. The van der Waals surface area contributed by atoms with Crippen LogP contribution in [0.15, 0.2) is 18.5 Å². The smallest absolute Gasteiger partial charge is 0.0414 e. The fraction of sp³-hybridized carbons (Fsp3) is 0.500. The summed E-state index contributed by atoms with van der Waals surface area (Å²) < 4.78 is 0. The molecule has 3 heteroatoms. The molecule has 2 rings (SSSR count). The first kappa shape index (κ1) is 8.51. The van der Waals surface area contributed by atoms with E-state index in [2.05, 4.69) is 15.6 Å². The van der Waals surface area contributed by atoms with Gasteiger partial charge in [0.05, 0.1) is 0 Å². The lowest BCUT2D eigenvalue weighted by molar-refractivity contribution is 0.687. The molecule has 0 bridgehead atoms. The highest BCUT2D eigenvalue weighted by atomic mass is 15.0. The van der Waals surface area contributed by atoms with E-state index in [4.69, 9.17) is 0 Å². The molecule has 3 nitrogen and oxygen atoms in total. The van der Waals surface area contributed by atoms with Gasteiger partial charge in [-0.1, -0.05) is 0 Å². The highest BCUT2D eigenvalue weighted by Crippen LogP contribution is 2.20. The standard InChI is InChI=1S/C10H15N3/c1-11-10-4-5-12-6-8(10)7-13-9-2-3-9/h4-6,9,13H,2-3,7H2,1H3,(H,11,12). The second-order valence-electron chi connectivity index (χ2n) is 3.44. The maximum absolute atomic E-state index is 4.11.